The number of hydrogen-bond donors (Lipinski definition) is 2. The normalized spacial score (nSPS) is 14.0. The number of imidazole rings is 1. The summed E-state index contributed by atoms with van der Waals surface area (Å²) in [4.78, 5) is 10.4. The van der Waals surface area contributed by atoms with Crippen molar-refractivity contribution in [1.82, 2.24) is 20.2 Å². The zero-order valence-corrected chi connectivity index (χ0v) is 14.2. The Labute approximate surface area is 149 Å². The predicted molar refractivity (Wildman–Crippen MR) is 99.9 cm³/mol. The highest BCUT2D eigenvalue weighted by atomic mass is 35.5. The maximum atomic E-state index is 6.01. The van der Waals surface area contributed by atoms with Crippen LogP contribution in [0.2, 0.25) is 5.02 Å². The Morgan fingerprint density at radius 2 is 1.88 bits per heavy atom. The van der Waals surface area contributed by atoms with Crippen LogP contribution < -0.4 is 4.90 Å². The molecule has 0 atom stereocenters. The van der Waals surface area contributed by atoms with Crippen molar-refractivity contribution in [3.63, 3.8) is 0 Å². The van der Waals surface area contributed by atoms with E-state index in [0.717, 1.165) is 52.8 Å². The van der Waals surface area contributed by atoms with E-state index in [4.69, 9.17) is 16.6 Å². The number of halogens is 1. The molecule has 0 amide bonds. The van der Waals surface area contributed by atoms with Crippen molar-refractivity contribution in [2.45, 2.75) is 13.0 Å². The van der Waals surface area contributed by atoms with E-state index in [1.54, 1.807) is 0 Å². The molecule has 3 heterocycles. The van der Waals surface area contributed by atoms with Crippen LogP contribution >= 0.6 is 11.6 Å². The summed E-state index contributed by atoms with van der Waals surface area (Å²) < 4.78 is 0. The van der Waals surface area contributed by atoms with Gasteiger partial charge in [-0.05, 0) is 24.3 Å². The molecule has 4 aromatic rings. The highest BCUT2D eigenvalue weighted by molar-refractivity contribution is 6.30. The standard InChI is InChI=1S/C19H16ClN5/c20-13-7-5-12(6-8-13)18-14-11-25(10-9-15(14)23-24-18)19-21-16-3-1-2-4-17(16)22-19/h1-8H,9-11H2,(H,21,22)(H,23,24). The SMILES string of the molecule is Clc1ccc(-c2n[nH]c3c2CN(c2nc4ccccc4[nH]2)CC3)cc1. The number of anilines is 1. The van der Waals surface area contributed by atoms with Gasteiger partial charge in [0.1, 0.15) is 0 Å². The first-order valence-electron chi connectivity index (χ1n) is 8.30. The molecule has 1 aliphatic rings. The summed E-state index contributed by atoms with van der Waals surface area (Å²) in [7, 11) is 0. The van der Waals surface area contributed by atoms with Crippen LogP contribution in [0.25, 0.3) is 22.3 Å². The van der Waals surface area contributed by atoms with Crippen LogP contribution in [0, 0.1) is 0 Å². The molecule has 0 fully saturated rings. The van der Waals surface area contributed by atoms with Crippen molar-refractivity contribution in [1.29, 1.82) is 0 Å². The predicted octanol–water partition coefficient (Wildman–Crippen LogP) is 4.17. The zero-order chi connectivity index (χ0) is 16.8. The largest absolute Gasteiger partial charge is 0.338 e. The highest BCUT2D eigenvalue weighted by Crippen LogP contribution is 2.31. The van der Waals surface area contributed by atoms with Gasteiger partial charge in [0.05, 0.1) is 16.7 Å². The van der Waals surface area contributed by atoms with Crippen LogP contribution in [0.3, 0.4) is 0 Å². The van der Waals surface area contributed by atoms with Crippen LogP contribution in [-0.2, 0) is 13.0 Å². The van der Waals surface area contributed by atoms with Crippen molar-refractivity contribution in [2.75, 3.05) is 11.4 Å². The fourth-order valence-corrected chi connectivity index (χ4v) is 3.54. The smallest absolute Gasteiger partial charge is 0.204 e. The van der Waals surface area contributed by atoms with Crippen LogP contribution in [0.5, 0.6) is 0 Å². The second kappa shape index (κ2) is 5.63. The highest BCUT2D eigenvalue weighted by Gasteiger charge is 2.24. The van der Waals surface area contributed by atoms with Gasteiger partial charge in [-0.15, -0.1) is 0 Å². The number of fused-ring (bicyclic) bond motifs is 2. The number of aromatic nitrogens is 4. The molecule has 5 rings (SSSR count). The third-order valence-electron chi connectivity index (χ3n) is 4.73. The summed E-state index contributed by atoms with van der Waals surface area (Å²) in [5.41, 5.74) is 6.56. The maximum absolute atomic E-state index is 6.01. The topological polar surface area (TPSA) is 60.6 Å². The number of nitrogens with one attached hydrogen (secondary N) is 2. The first-order valence-corrected chi connectivity index (χ1v) is 8.67. The van der Waals surface area contributed by atoms with Crippen molar-refractivity contribution >= 4 is 28.6 Å². The summed E-state index contributed by atoms with van der Waals surface area (Å²) in [6.07, 6.45) is 0.924. The van der Waals surface area contributed by atoms with E-state index < -0.39 is 0 Å². The summed E-state index contributed by atoms with van der Waals surface area (Å²) in [6, 6.07) is 15.9. The summed E-state index contributed by atoms with van der Waals surface area (Å²) in [5, 5.41) is 8.47. The average molecular weight is 350 g/mol. The van der Waals surface area contributed by atoms with Gasteiger partial charge in [0.25, 0.3) is 0 Å². The molecular formula is C19H16ClN5. The molecule has 0 saturated carbocycles. The third-order valence-corrected chi connectivity index (χ3v) is 4.98. The molecule has 0 radical (unpaired) electrons. The second-order valence-electron chi connectivity index (χ2n) is 6.29. The Bertz CT molecular complexity index is 1010. The number of nitrogens with zero attached hydrogens (tertiary/aromatic N) is 3. The third kappa shape index (κ3) is 2.48. The molecular weight excluding hydrogens is 334 g/mol. The Balaban J connectivity index is 1.51. The Morgan fingerprint density at radius 3 is 2.72 bits per heavy atom. The molecule has 1 aliphatic heterocycles. The number of rotatable bonds is 2. The minimum Gasteiger partial charge on any atom is -0.338 e. The first kappa shape index (κ1) is 14.5. The number of H-pyrrole nitrogens is 2. The van der Waals surface area contributed by atoms with E-state index in [2.05, 4.69) is 26.1 Å². The molecule has 0 saturated heterocycles. The fraction of sp³-hybridized carbons (Fsp3) is 0.158. The van der Waals surface area contributed by atoms with Crippen LogP contribution in [0.4, 0.5) is 5.95 Å². The van der Waals surface area contributed by atoms with Gasteiger partial charge in [-0.3, -0.25) is 5.10 Å². The number of hydrogen-bond acceptors (Lipinski definition) is 3. The molecule has 0 aliphatic carbocycles. The van der Waals surface area contributed by atoms with Gasteiger partial charge in [0, 0.05) is 41.4 Å². The molecule has 0 unspecified atom stereocenters. The van der Waals surface area contributed by atoms with Gasteiger partial charge >= 0.3 is 0 Å². The minimum absolute atomic E-state index is 0.733. The lowest BCUT2D eigenvalue weighted by atomic mass is 10.0. The quantitative estimate of drug-likeness (QED) is 0.571. The van der Waals surface area contributed by atoms with Crippen LogP contribution in [0.15, 0.2) is 48.5 Å². The van der Waals surface area contributed by atoms with E-state index in [0.29, 0.717) is 0 Å². The zero-order valence-electron chi connectivity index (χ0n) is 13.5. The molecule has 6 heteroatoms. The Morgan fingerprint density at radius 1 is 1.04 bits per heavy atom. The van der Waals surface area contributed by atoms with Gasteiger partial charge in [0.15, 0.2) is 0 Å². The molecule has 2 aromatic heterocycles. The fourth-order valence-electron chi connectivity index (χ4n) is 3.41. The summed E-state index contributed by atoms with van der Waals surface area (Å²) >= 11 is 6.01. The maximum Gasteiger partial charge on any atom is 0.204 e. The molecule has 0 spiro atoms. The second-order valence-corrected chi connectivity index (χ2v) is 6.72. The lowest BCUT2D eigenvalue weighted by Gasteiger charge is -2.26. The Kier molecular flexibility index (Phi) is 3.28. The molecule has 2 N–H and O–H groups in total. The van der Waals surface area contributed by atoms with Crippen LogP contribution in [-0.4, -0.2) is 26.7 Å². The molecule has 0 bridgehead atoms. The average Bonchev–Trinajstić information content (AvgIpc) is 3.26. The number of benzene rings is 2. The Hall–Kier alpha value is -2.79. The van der Waals surface area contributed by atoms with E-state index in [1.807, 2.05) is 42.5 Å². The first-order chi connectivity index (χ1) is 12.3. The molecule has 2 aromatic carbocycles. The van der Waals surface area contributed by atoms with Crippen molar-refractivity contribution in [2.24, 2.45) is 0 Å². The van der Waals surface area contributed by atoms with Gasteiger partial charge in [-0.25, -0.2) is 4.98 Å². The van der Waals surface area contributed by atoms with Gasteiger partial charge in [-0.1, -0.05) is 35.9 Å². The van der Waals surface area contributed by atoms with E-state index in [9.17, 15) is 0 Å². The number of aromatic amines is 2. The van der Waals surface area contributed by atoms with Crippen molar-refractivity contribution in [3.8, 4) is 11.3 Å². The summed E-state index contributed by atoms with van der Waals surface area (Å²) in [6.45, 7) is 1.69. The van der Waals surface area contributed by atoms with Crippen LogP contribution in [0.1, 0.15) is 11.3 Å². The minimum atomic E-state index is 0.733. The lowest BCUT2D eigenvalue weighted by Crippen LogP contribution is -2.31. The van der Waals surface area contributed by atoms with E-state index in [1.165, 1.54) is 11.3 Å². The van der Waals surface area contributed by atoms with Gasteiger partial charge < -0.3 is 9.88 Å². The lowest BCUT2D eigenvalue weighted by molar-refractivity contribution is 0.705. The monoisotopic (exact) mass is 349 g/mol. The van der Waals surface area contributed by atoms with Gasteiger partial charge in [-0.2, -0.15) is 5.10 Å². The van der Waals surface area contributed by atoms with E-state index >= 15 is 0 Å². The molecule has 25 heavy (non-hydrogen) atoms. The van der Waals surface area contributed by atoms with Crippen molar-refractivity contribution in [3.05, 3.63) is 64.8 Å². The molecule has 124 valence electrons. The molecule has 5 nitrogen and oxygen atoms in total. The van der Waals surface area contributed by atoms with Crippen molar-refractivity contribution < 1.29 is 0 Å². The summed E-state index contributed by atoms with van der Waals surface area (Å²) in [5.74, 6) is 0.912. The van der Waals surface area contributed by atoms with Gasteiger partial charge in [0.2, 0.25) is 5.95 Å². The van der Waals surface area contributed by atoms with E-state index in [-0.39, 0.29) is 0 Å². The number of para-hydroxylation sites is 2.